The maximum atomic E-state index is 8.42. The van der Waals surface area contributed by atoms with E-state index in [4.69, 9.17) is 12.3 Å². The van der Waals surface area contributed by atoms with Crippen LogP contribution in [0.4, 0.5) is 0 Å². The molecule has 0 saturated carbocycles. The molecule has 0 N–H and O–H groups in total. The molecule has 0 rings (SSSR count). The Labute approximate surface area is 44.5 Å². The van der Waals surface area contributed by atoms with Gasteiger partial charge >= 0.3 is 34.6 Å². The van der Waals surface area contributed by atoms with Gasteiger partial charge in [-0.1, -0.05) is 0 Å². The average molecular weight is 172 g/mol. The van der Waals surface area contributed by atoms with Crippen LogP contribution in [0, 0.1) is 0 Å². The Morgan fingerprint density at radius 3 is 1.20 bits per heavy atom. The predicted octanol–water partition coefficient (Wildman–Crippen LogP) is -0.705. The first-order chi connectivity index (χ1) is 2.41. The summed E-state index contributed by atoms with van der Waals surface area (Å²) in [5.41, 5.74) is 0. The van der Waals surface area contributed by atoms with E-state index in [0.717, 1.165) is 0 Å². The summed E-state index contributed by atoms with van der Waals surface area (Å²) in [5, 5.41) is 0. The van der Waals surface area contributed by atoms with Gasteiger partial charge in [-0.3, -0.25) is 0 Å². The van der Waals surface area contributed by atoms with E-state index in [-0.39, 0.29) is 31.9 Å². The SMILES string of the molecule is O=C=O.[O]=[Cd]. The predicted molar refractivity (Wildman–Crippen MR) is 5.69 cm³/mol. The van der Waals surface area contributed by atoms with Crippen molar-refractivity contribution in [3.05, 3.63) is 0 Å². The van der Waals surface area contributed by atoms with E-state index in [1.165, 1.54) is 0 Å². The molecule has 24 valence electrons. The van der Waals surface area contributed by atoms with E-state index in [1.807, 2.05) is 0 Å². The zero-order valence-electron chi connectivity index (χ0n) is 2.43. The number of rotatable bonds is 0. The van der Waals surface area contributed by atoms with Crippen LogP contribution in [0.15, 0.2) is 0 Å². The Morgan fingerprint density at radius 1 is 1.20 bits per heavy atom. The van der Waals surface area contributed by atoms with Gasteiger partial charge in [0.15, 0.2) is 0 Å². The molecule has 0 atom stereocenters. The van der Waals surface area contributed by atoms with Crippen molar-refractivity contribution in [2.45, 2.75) is 0 Å². The fourth-order valence-corrected chi connectivity index (χ4v) is 0. The molecule has 0 radical (unpaired) electrons. The summed E-state index contributed by atoms with van der Waals surface area (Å²) in [7, 11) is 0. The molecule has 0 aromatic heterocycles. The van der Waals surface area contributed by atoms with Crippen LogP contribution in [0.2, 0.25) is 0 Å². The van der Waals surface area contributed by atoms with Crippen LogP contribution in [-0.4, -0.2) is 6.15 Å². The Balaban J connectivity index is 0. The summed E-state index contributed by atoms with van der Waals surface area (Å²) in [4.78, 5) is 16.2. The molecule has 0 aromatic rings. The van der Waals surface area contributed by atoms with Gasteiger partial charge in [0.05, 0.1) is 0 Å². The van der Waals surface area contributed by atoms with Gasteiger partial charge in [0, 0.05) is 0 Å². The molecule has 0 saturated heterocycles. The van der Waals surface area contributed by atoms with Gasteiger partial charge in [-0.25, -0.2) is 0 Å². The minimum absolute atomic E-state index is 0.1000. The van der Waals surface area contributed by atoms with Gasteiger partial charge in [0.1, 0.15) is 0 Å². The second kappa shape index (κ2) is 32.5. The summed E-state index contributed by atoms with van der Waals surface area (Å²) >= 11 is -0.1000. The summed E-state index contributed by atoms with van der Waals surface area (Å²) in [5.74, 6) is 0. The first-order valence-electron chi connectivity index (χ1n) is 0.697. The number of hydrogen-bond acceptors (Lipinski definition) is 3. The molecule has 0 aliphatic rings. The van der Waals surface area contributed by atoms with Crippen LogP contribution in [0.1, 0.15) is 0 Å². The van der Waals surface area contributed by atoms with Crippen molar-refractivity contribution in [1.29, 1.82) is 0 Å². The molecule has 0 unspecified atom stereocenters. The molecule has 5 heavy (non-hydrogen) atoms. The summed E-state index contributed by atoms with van der Waals surface area (Å²) in [6, 6.07) is 0. The third kappa shape index (κ3) is 1740. The standard InChI is InChI=1S/CO2.Cd.O/c2-1-3;;. The van der Waals surface area contributed by atoms with Crippen LogP contribution < -0.4 is 0 Å². The zero-order chi connectivity index (χ0) is 4.71. The normalized spacial score (nSPS) is 2.80. The second-order valence-corrected chi connectivity index (χ2v) is 0.0833. The molecule has 0 heterocycles. The Bertz CT molecular complexity index is 36.2. The van der Waals surface area contributed by atoms with Gasteiger partial charge in [-0.05, 0) is 0 Å². The Hall–Kier alpha value is 0.102. The Kier molecular flexibility index (Phi) is 58.0. The van der Waals surface area contributed by atoms with Crippen molar-refractivity contribution in [3.63, 3.8) is 0 Å². The molecule has 0 fully saturated rings. The van der Waals surface area contributed by atoms with Crippen molar-refractivity contribution in [1.82, 2.24) is 0 Å². The second-order valence-electron chi connectivity index (χ2n) is 0.0833. The van der Waals surface area contributed by atoms with Gasteiger partial charge < -0.3 is 0 Å². The minimum atomic E-state index is -0.1000. The fraction of sp³-hybridized carbons (Fsp3) is 0. The Morgan fingerprint density at radius 2 is 1.20 bits per heavy atom. The van der Waals surface area contributed by atoms with Crippen molar-refractivity contribution < 1.29 is 38.1 Å². The third-order valence-electron chi connectivity index (χ3n) is 0. The van der Waals surface area contributed by atoms with Crippen LogP contribution in [0.3, 0.4) is 0 Å². The molecule has 0 bridgehead atoms. The van der Waals surface area contributed by atoms with E-state index in [1.54, 1.807) is 0 Å². The summed E-state index contributed by atoms with van der Waals surface area (Å²) < 4.78 is 8.42. The summed E-state index contributed by atoms with van der Waals surface area (Å²) in [6.45, 7) is 0. The molecular formula is CCdO3. The molecule has 3 nitrogen and oxygen atoms in total. The van der Waals surface area contributed by atoms with E-state index < -0.39 is 0 Å². The molecule has 0 aromatic carbocycles. The molecular weight excluding hydrogens is 172 g/mol. The van der Waals surface area contributed by atoms with Crippen LogP contribution >= 0.6 is 0 Å². The molecule has 0 aliphatic heterocycles. The first-order valence-corrected chi connectivity index (χ1v) is 2.34. The molecule has 0 amide bonds. The zero-order valence-corrected chi connectivity index (χ0v) is 6.47. The summed E-state index contributed by atoms with van der Waals surface area (Å²) in [6.07, 6.45) is 0.250. The van der Waals surface area contributed by atoms with Gasteiger partial charge in [0.25, 0.3) is 0 Å². The first kappa shape index (κ1) is 8.92. The van der Waals surface area contributed by atoms with Gasteiger partial charge in [-0.15, -0.1) is 0 Å². The number of hydrogen-bond donors (Lipinski definition) is 0. The van der Waals surface area contributed by atoms with Crippen molar-refractivity contribution in [2.75, 3.05) is 0 Å². The van der Waals surface area contributed by atoms with Crippen LogP contribution in [0.25, 0.3) is 0 Å². The number of carbonyl (C=O) groups excluding carboxylic acids is 2. The van der Waals surface area contributed by atoms with Gasteiger partial charge in [-0.2, -0.15) is 9.59 Å². The van der Waals surface area contributed by atoms with E-state index in [9.17, 15) is 0 Å². The molecule has 4 heteroatoms. The molecule has 0 spiro atoms. The van der Waals surface area contributed by atoms with Crippen molar-refractivity contribution >= 4 is 6.15 Å². The van der Waals surface area contributed by atoms with E-state index in [0.29, 0.717) is 0 Å². The van der Waals surface area contributed by atoms with Crippen molar-refractivity contribution in [2.24, 2.45) is 0 Å². The van der Waals surface area contributed by atoms with Crippen molar-refractivity contribution in [3.8, 4) is 0 Å². The fourth-order valence-electron chi connectivity index (χ4n) is 0. The van der Waals surface area contributed by atoms with E-state index in [2.05, 4.69) is 0 Å². The quantitative estimate of drug-likeness (QED) is 0.454. The average Bonchev–Trinajstić information content (AvgIpc) is 1.46. The van der Waals surface area contributed by atoms with Crippen LogP contribution in [-0.2, 0) is 38.1 Å². The van der Waals surface area contributed by atoms with Crippen LogP contribution in [0.5, 0.6) is 0 Å². The third-order valence-corrected chi connectivity index (χ3v) is 0. The topological polar surface area (TPSA) is 51.2 Å². The monoisotopic (exact) mass is 174 g/mol. The molecule has 0 aliphatic carbocycles. The maximum absolute atomic E-state index is 8.42. The van der Waals surface area contributed by atoms with Gasteiger partial charge in [0.2, 0.25) is 0 Å². The van der Waals surface area contributed by atoms with E-state index >= 15 is 0 Å².